The number of nitrogens with zero attached hydrogens (tertiary/aromatic N) is 2. The van der Waals surface area contributed by atoms with Gasteiger partial charge in [0.2, 0.25) is 11.8 Å². The molecule has 0 aliphatic carbocycles. The fourth-order valence-electron chi connectivity index (χ4n) is 1.80. The Bertz CT molecular complexity index is 743. The number of esters is 1. The molecule has 0 radical (unpaired) electrons. The Hall–Kier alpha value is -3.36. The number of rotatable bonds is 7. The first-order valence-electron chi connectivity index (χ1n) is 7.16. The van der Waals surface area contributed by atoms with Crippen molar-refractivity contribution in [1.82, 2.24) is 15.3 Å². The van der Waals surface area contributed by atoms with Crippen LogP contribution in [0, 0.1) is 0 Å². The van der Waals surface area contributed by atoms with Crippen molar-refractivity contribution in [3.63, 3.8) is 0 Å². The quantitative estimate of drug-likeness (QED) is 0.744. The summed E-state index contributed by atoms with van der Waals surface area (Å²) >= 11 is 0. The van der Waals surface area contributed by atoms with Crippen LogP contribution in [0.2, 0.25) is 0 Å². The van der Waals surface area contributed by atoms with E-state index in [9.17, 15) is 9.59 Å². The van der Waals surface area contributed by atoms with Crippen LogP contribution in [0.4, 0.5) is 0 Å². The van der Waals surface area contributed by atoms with Gasteiger partial charge in [-0.1, -0.05) is 12.1 Å². The second-order valence-electron chi connectivity index (χ2n) is 4.59. The smallest absolute Gasteiger partial charge is 0.328 e. The van der Waals surface area contributed by atoms with E-state index < -0.39 is 11.9 Å². The van der Waals surface area contributed by atoms with E-state index in [-0.39, 0.29) is 35.6 Å². The Kier molecular flexibility index (Phi) is 6.10. The van der Waals surface area contributed by atoms with E-state index in [0.717, 1.165) is 0 Å². The second kappa shape index (κ2) is 8.48. The molecule has 0 fully saturated rings. The van der Waals surface area contributed by atoms with E-state index in [4.69, 9.17) is 14.2 Å². The lowest BCUT2D eigenvalue weighted by Crippen LogP contribution is -2.30. The van der Waals surface area contributed by atoms with Crippen molar-refractivity contribution in [2.24, 2.45) is 0 Å². The summed E-state index contributed by atoms with van der Waals surface area (Å²) in [7, 11) is 4.12. The lowest BCUT2D eigenvalue weighted by atomic mass is 10.2. The zero-order valence-electron chi connectivity index (χ0n) is 13.9. The maximum atomic E-state index is 12.2. The van der Waals surface area contributed by atoms with E-state index in [2.05, 4.69) is 20.0 Å². The van der Waals surface area contributed by atoms with Crippen LogP contribution < -0.4 is 19.5 Å². The van der Waals surface area contributed by atoms with Crippen LogP contribution in [0.3, 0.4) is 0 Å². The van der Waals surface area contributed by atoms with Crippen LogP contribution in [0.25, 0.3) is 0 Å². The molecular formula is C16H17N3O6. The SMILES string of the molecule is COC(=O)CNC(=O)c1ccccc1Oc1nc(OC)cc(OC)n1. The standard InChI is InChI=1S/C16H17N3O6/c1-22-12-8-13(23-2)19-16(18-12)25-11-7-5-4-6-10(11)15(21)17-9-14(20)24-3/h4-8H,9H2,1-3H3,(H,17,21). The van der Waals surface area contributed by atoms with Crippen LogP contribution in [0.15, 0.2) is 30.3 Å². The molecule has 0 aliphatic heterocycles. The monoisotopic (exact) mass is 347 g/mol. The first kappa shape index (κ1) is 18.0. The first-order valence-corrected chi connectivity index (χ1v) is 7.16. The predicted molar refractivity (Wildman–Crippen MR) is 86.0 cm³/mol. The molecule has 0 saturated heterocycles. The van der Waals surface area contributed by atoms with Gasteiger partial charge >= 0.3 is 12.0 Å². The van der Waals surface area contributed by atoms with E-state index >= 15 is 0 Å². The number of benzene rings is 1. The topological polar surface area (TPSA) is 109 Å². The molecule has 2 rings (SSSR count). The summed E-state index contributed by atoms with van der Waals surface area (Å²) < 4.78 is 20.2. The summed E-state index contributed by atoms with van der Waals surface area (Å²) in [5, 5.41) is 2.44. The number of carbonyl (C=O) groups is 2. The minimum absolute atomic E-state index is 0.0515. The molecule has 1 amide bonds. The Balaban J connectivity index is 2.23. The highest BCUT2D eigenvalue weighted by Crippen LogP contribution is 2.26. The highest BCUT2D eigenvalue weighted by Gasteiger charge is 2.16. The lowest BCUT2D eigenvalue weighted by molar-refractivity contribution is -0.139. The largest absolute Gasteiger partial charge is 0.481 e. The summed E-state index contributed by atoms with van der Waals surface area (Å²) in [6, 6.07) is 7.89. The fourth-order valence-corrected chi connectivity index (χ4v) is 1.80. The van der Waals surface area contributed by atoms with Gasteiger partial charge in [0.05, 0.1) is 33.0 Å². The van der Waals surface area contributed by atoms with E-state index in [1.165, 1.54) is 27.4 Å². The molecule has 1 heterocycles. The Morgan fingerprint density at radius 1 is 1.04 bits per heavy atom. The molecule has 0 bridgehead atoms. The minimum Gasteiger partial charge on any atom is -0.481 e. The molecule has 0 atom stereocenters. The first-order chi connectivity index (χ1) is 12.1. The van der Waals surface area contributed by atoms with Crippen molar-refractivity contribution < 1.29 is 28.5 Å². The zero-order valence-corrected chi connectivity index (χ0v) is 13.9. The summed E-state index contributed by atoms with van der Waals surface area (Å²) in [5.74, 6) is -0.368. The van der Waals surface area contributed by atoms with Crippen molar-refractivity contribution in [2.75, 3.05) is 27.9 Å². The molecule has 1 N–H and O–H groups in total. The highest BCUT2D eigenvalue weighted by atomic mass is 16.5. The molecule has 0 aliphatic rings. The van der Waals surface area contributed by atoms with Gasteiger partial charge in [0.25, 0.3) is 5.91 Å². The molecule has 0 unspecified atom stereocenters. The molecule has 9 heteroatoms. The number of methoxy groups -OCH3 is 3. The van der Waals surface area contributed by atoms with Gasteiger partial charge in [0.1, 0.15) is 12.3 Å². The van der Waals surface area contributed by atoms with E-state index in [1.807, 2.05) is 0 Å². The van der Waals surface area contributed by atoms with Gasteiger partial charge in [-0.2, -0.15) is 9.97 Å². The van der Waals surface area contributed by atoms with Crippen LogP contribution in [-0.2, 0) is 9.53 Å². The lowest BCUT2D eigenvalue weighted by Gasteiger charge is -2.11. The van der Waals surface area contributed by atoms with Crippen molar-refractivity contribution in [2.45, 2.75) is 0 Å². The van der Waals surface area contributed by atoms with Crippen LogP contribution in [0.1, 0.15) is 10.4 Å². The van der Waals surface area contributed by atoms with Crippen LogP contribution in [0.5, 0.6) is 23.5 Å². The summed E-state index contributed by atoms with van der Waals surface area (Å²) in [4.78, 5) is 31.5. The average Bonchev–Trinajstić information content (AvgIpc) is 2.65. The average molecular weight is 347 g/mol. The van der Waals surface area contributed by atoms with Crippen molar-refractivity contribution in [3.05, 3.63) is 35.9 Å². The van der Waals surface area contributed by atoms with Crippen LogP contribution in [-0.4, -0.2) is 49.7 Å². The van der Waals surface area contributed by atoms with Crippen molar-refractivity contribution >= 4 is 11.9 Å². The van der Waals surface area contributed by atoms with Gasteiger partial charge in [0.15, 0.2) is 0 Å². The number of aromatic nitrogens is 2. The number of nitrogens with one attached hydrogen (secondary N) is 1. The van der Waals surface area contributed by atoms with Crippen LogP contribution >= 0.6 is 0 Å². The summed E-state index contributed by atoms with van der Waals surface area (Å²) in [6.07, 6.45) is 0. The number of hydrogen-bond acceptors (Lipinski definition) is 8. The maximum absolute atomic E-state index is 12.2. The fraction of sp³-hybridized carbons (Fsp3) is 0.250. The Morgan fingerprint density at radius 3 is 2.28 bits per heavy atom. The second-order valence-corrected chi connectivity index (χ2v) is 4.59. The van der Waals surface area contributed by atoms with Gasteiger partial charge in [0, 0.05) is 0 Å². The molecular weight excluding hydrogens is 330 g/mol. The zero-order chi connectivity index (χ0) is 18.2. The number of ether oxygens (including phenoxy) is 4. The number of hydrogen-bond donors (Lipinski definition) is 1. The molecule has 1 aromatic carbocycles. The third-order valence-corrected chi connectivity index (χ3v) is 3.03. The number of carbonyl (C=O) groups excluding carboxylic acids is 2. The Morgan fingerprint density at radius 2 is 1.68 bits per heavy atom. The molecule has 9 nitrogen and oxygen atoms in total. The van der Waals surface area contributed by atoms with Gasteiger partial charge in [-0.05, 0) is 12.1 Å². The normalized spacial score (nSPS) is 9.88. The molecule has 2 aromatic rings. The third kappa shape index (κ3) is 4.80. The minimum atomic E-state index is -0.562. The summed E-state index contributed by atoms with van der Waals surface area (Å²) in [5.41, 5.74) is 0.205. The van der Waals surface area contributed by atoms with Crippen molar-refractivity contribution in [1.29, 1.82) is 0 Å². The van der Waals surface area contributed by atoms with E-state index in [1.54, 1.807) is 24.3 Å². The predicted octanol–water partition coefficient (Wildman–Crippen LogP) is 1.19. The number of amides is 1. The molecule has 25 heavy (non-hydrogen) atoms. The number of para-hydroxylation sites is 1. The highest BCUT2D eigenvalue weighted by molar-refractivity contribution is 5.98. The van der Waals surface area contributed by atoms with Crippen molar-refractivity contribution in [3.8, 4) is 23.5 Å². The van der Waals surface area contributed by atoms with Gasteiger partial charge in [-0.15, -0.1) is 0 Å². The maximum Gasteiger partial charge on any atom is 0.328 e. The van der Waals surface area contributed by atoms with Gasteiger partial charge < -0.3 is 24.3 Å². The molecule has 132 valence electrons. The Labute approximate surface area is 143 Å². The third-order valence-electron chi connectivity index (χ3n) is 3.03. The van der Waals surface area contributed by atoms with Gasteiger partial charge in [-0.3, -0.25) is 9.59 Å². The molecule has 0 spiro atoms. The summed E-state index contributed by atoms with van der Waals surface area (Å²) in [6.45, 7) is -0.257. The van der Waals surface area contributed by atoms with E-state index in [0.29, 0.717) is 0 Å². The molecule has 0 saturated carbocycles. The molecule has 1 aromatic heterocycles. The van der Waals surface area contributed by atoms with Gasteiger partial charge in [-0.25, -0.2) is 0 Å².